The highest BCUT2D eigenvalue weighted by Crippen LogP contribution is 2.21. The van der Waals surface area contributed by atoms with Crippen molar-refractivity contribution in [2.45, 2.75) is 52.1 Å². The van der Waals surface area contributed by atoms with Gasteiger partial charge in [-0.2, -0.15) is 13.2 Å². The largest absolute Gasteiger partial charge is 0.389 e. The molecule has 0 radical (unpaired) electrons. The Morgan fingerprint density at radius 2 is 1.89 bits per heavy atom. The lowest BCUT2D eigenvalue weighted by atomic mass is 9.88. The Bertz CT molecular complexity index is 255. The molecule has 0 heterocycles. The molecule has 6 heteroatoms. The fraction of sp³-hybridized carbons (Fsp3) is 0.923. The Morgan fingerprint density at radius 3 is 2.37 bits per heavy atom. The van der Waals surface area contributed by atoms with Crippen molar-refractivity contribution in [3.8, 4) is 0 Å². The first-order chi connectivity index (χ1) is 8.76. The standard InChI is InChI=1S/C13H25F3N2O/c1-10(2)11(6-8-17)4-5-12(19)18-9-3-7-13(14,15)16/h10-11H,3-9,17H2,1-2H3,(H,18,19). The average Bonchev–Trinajstić information content (AvgIpc) is 2.28. The van der Waals surface area contributed by atoms with Crippen LogP contribution in [0, 0.1) is 11.8 Å². The fourth-order valence-corrected chi connectivity index (χ4v) is 1.95. The normalized spacial score (nSPS) is 13.6. The Hall–Kier alpha value is -0.780. The van der Waals surface area contributed by atoms with Crippen molar-refractivity contribution in [2.75, 3.05) is 13.1 Å². The van der Waals surface area contributed by atoms with E-state index in [-0.39, 0.29) is 18.9 Å². The lowest BCUT2D eigenvalue weighted by molar-refractivity contribution is -0.136. The van der Waals surface area contributed by atoms with Crippen LogP contribution >= 0.6 is 0 Å². The SMILES string of the molecule is CC(C)C(CCN)CCC(=O)NCCCC(F)(F)F. The Kier molecular flexibility index (Phi) is 8.80. The average molecular weight is 282 g/mol. The van der Waals surface area contributed by atoms with E-state index in [1.165, 1.54) is 0 Å². The maximum Gasteiger partial charge on any atom is 0.389 e. The number of rotatable bonds is 9. The Balaban J connectivity index is 3.74. The monoisotopic (exact) mass is 282 g/mol. The van der Waals surface area contributed by atoms with Gasteiger partial charge in [0.05, 0.1) is 0 Å². The van der Waals surface area contributed by atoms with Crippen molar-refractivity contribution in [1.82, 2.24) is 5.32 Å². The summed E-state index contributed by atoms with van der Waals surface area (Å²) >= 11 is 0. The zero-order valence-electron chi connectivity index (χ0n) is 11.7. The van der Waals surface area contributed by atoms with Gasteiger partial charge in [0.2, 0.25) is 5.91 Å². The molecule has 1 amide bonds. The minimum atomic E-state index is -4.14. The molecule has 3 nitrogen and oxygen atoms in total. The molecule has 19 heavy (non-hydrogen) atoms. The zero-order valence-corrected chi connectivity index (χ0v) is 11.7. The molecule has 0 rings (SSSR count). The van der Waals surface area contributed by atoms with Gasteiger partial charge in [0.15, 0.2) is 0 Å². The van der Waals surface area contributed by atoms with E-state index in [1.807, 2.05) is 0 Å². The van der Waals surface area contributed by atoms with E-state index in [2.05, 4.69) is 19.2 Å². The number of alkyl halides is 3. The third-order valence-electron chi connectivity index (χ3n) is 3.18. The van der Waals surface area contributed by atoms with Crippen LogP contribution in [0.2, 0.25) is 0 Å². The summed E-state index contributed by atoms with van der Waals surface area (Å²) in [5, 5.41) is 2.52. The van der Waals surface area contributed by atoms with Crippen LogP contribution in [0.25, 0.3) is 0 Å². The smallest absolute Gasteiger partial charge is 0.356 e. The molecule has 1 unspecified atom stereocenters. The van der Waals surface area contributed by atoms with Gasteiger partial charge < -0.3 is 11.1 Å². The highest BCUT2D eigenvalue weighted by atomic mass is 19.4. The summed E-state index contributed by atoms with van der Waals surface area (Å²) in [7, 11) is 0. The second-order valence-corrected chi connectivity index (χ2v) is 5.19. The maximum absolute atomic E-state index is 11.9. The molecule has 0 aliphatic carbocycles. The molecule has 0 aromatic rings. The summed E-state index contributed by atoms with van der Waals surface area (Å²) in [4.78, 5) is 11.5. The van der Waals surface area contributed by atoms with E-state index < -0.39 is 12.6 Å². The summed E-state index contributed by atoms with van der Waals surface area (Å²) in [5.41, 5.74) is 5.51. The van der Waals surface area contributed by atoms with Crippen molar-refractivity contribution in [2.24, 2.45) is 17.6 Å². The molecule has 0 aliphatic rings. The van der Waals surface area contributed by atoms with Crippen molar-refractivity contribution >= 4 is 5.91 Å². The van der Waals surface area contributed by atoms with Gasteiger partial charge >= 0.3 is 6.18 Å². The van der Waals surface area contributed by atoms with Crippen LogP contribution in [0.1, 0.15) is 46.0 Å². The van der Waals surface area contributed by atoms with Crippen LogP contribution < -0.4 is 11.1 Å². The van der Waals surface area contributed by atoms with Gasteiger partial charge in [0, 0.05) is 19.4 Å². The van der Waals surface area contributed by atoms with E-state index in [9.17, 15) is 18.0 Å². The van der Waals surface area contributed by atoms with Gasteiger partial charge in [0.25, 0.3) is 0 Å². The van der Waals surface area contributed by atoms with Crippen molar-refractivity contribution in [3.63, 3.8) is 0 Å². The van der Waals surface area contributed by atoms with E-state index in [0.29, 0.717) is 24.8 Å². The third kappa shape index (κ3) is 10.8. The molecule has 0 aromatic carbocycles. The van der Waals surface area contributed by atoms with Crippen molar-refractivity contribution in [1.29, 1.82) is 0 Å². The van der Waals surface area contributed by atoms with Crippen LogP contribution in [-0.2, 0) is 4.79 Å². The van der Waals surface area contributed by atoms with Gasteiger partial charge in [-0.3, -0.25) is 4.79 Å². The highest BCUT2D eigenvalue weighted by Gasteiger charge is 2.26. The minimum Gasteiger partial charge on any atom is -0.356 e. The Labute approximate surface area is 113 Å². The molecule has 1 atom stereocenters. The van der Waals surface area contributed by atoms with Crippen LogP contribution in [0.15, 0.2) is 0 Å². The lowest BCUT2D eigenvalue weighted by Crippen LogP contribution is -2.26. The summed E-state index contributed by atoms with van der Waals surface area (Å²) in [5.74, 6) is 0.678. The lowest BCUT2D eigenvalue weighted by Gasteiger charge is -2.19. The van der Waals surface area contributed by atoms with Gasteiger partial charge in [-0.25, -0.2) is 0 Å². The maximum atomic E-state index is 11.9. The molecule has 0 spiro atoms. The molecule has 0 fully saturated rings. The number of carbonyl (C=O) groups is 1. The molecule has 0 saturated carbocycles. The first-order valence-electron chi connectivity index (χ1n) is 6.79. The number of nitrogens with two attached hydrogens (primary N) is 1. The quantitative estimate of drug-likeness (QED) is 0.639. The van der Waals surface area contributed by atoms with Gasteiger partial charge in [-0.15, -0.1) is 0 Å². The Morgan fingerprint density at radius 1 is 1.26 bits per heavy atom. The number of halogens is 3. The van der Waals surface area contributed by atoms with Crippen LogP contribution in [0.3, 0.4) is 0 Å². The number of hydrogen-bond donors (Lipinski definition) is 2. The molecule has 0 bridgehead atoms. The molecule has 3 N–H and O–H groups in total. The predicted octanol–water partition coefficient (Wildman–Crippen LogP) is 2.85. The molecule has 0 saturated heterocycles. The number of hydrogen-bond acceptors (Lipinski definition) is 2. The second kappa shape index (κ2) is 9.18. The number of carbonyl (C=O) groups excluding carboxylic acids is 1. The van der Waals surface area contributed by atoms with E-state index >= 15 is 0 Å². The van der Waals surface area contributed by atoms with E-state index in [0.717, 1.165) is 12.8 Å². The number of nitrogens with one attached hydrogen (secondary N) is 1. The molecule has 0 aliphatic heterocycles. The van der Waals surface area contributed by atoms with E-state index in [4.69, 9.17) is 5.73 Å². The summed E-state index contributed by atoms with van der Waals surface area (Å²) in [6, 6.07) is 0. The van der Waals surface area contributed by atoms with Crippen LogP contribution in [0.5, 0.6) is 0 Å². The van der Waals surface area contributed by atoms with Gasteiger partial charge in [-0.1, -0.05) is 13.8 Å². The molecule has 0 aromatic heterocycles. The predicted molar refractivity (Wildman–Crippen MR) is 69.5 cm³/mol. The minimum absolute atomic E-state index is 0.0638. The highest BCUT2D eigenvalue weighted by molar-refractivity contribution is 5.75. The van der Waals surface area contributed by atoms with Crippen molar-refractivity contribution in [3.05, 3.63) is 0 Å². The second-order valence-electron chi connectivity index (χ2n) is 5.19. The topological polar surface area (TPSA) is 55.1 Å². The molecular weight excluding hydrogens is 257 g/mol. The fourth-order valence-electron chi connectivity index (χ4n) is 1.95. The van der Waals surface area contributed by atoms with Crippen LogP contribution in [-0.4, -0.2) is 25.2 Å². The molecule has 114 valence electrons. The first-order valence-corrected chi connectivity index (χ1v) is 6.79. The first kappa shape index (κ1) is 18.2. The van der Waals surface area contributed by atoms with Gasteiger partial charge in [-0.05, 0) is 37.6 Å². The summed E-state index contributed by atoms with van der Waals surface area (Å²) in [6.07, 6.45) is -3.09. The van der Waals surface area contributed by atoms with Crippen molar-refractivity contribution < 1.29 is 18.0 Å². The van der Waals surface area contributed by atoms with E-state index in [1.54, 1.807) is 0 Å². The summed E-state index contributed by atoms with van der Waals surface area (Å²) < 4.78 is 35.6. The van der Waals surface area contributed by atoms with Crippen LogP contribution in [0.4, 0.5) is 13.2 Å². The zero-order chi connectivity index (χ0) is 14.9. The number of amides is 1. The summed E-state index contributed by atoms with van der Waals surface area (Å²) in [6.45, 7) is 4.85. The van der Waals surface area contributed by atoms with Gasteiger partial charge in [0.1, 0.15) is 0 Å². The third-order valence-corrected chi connectivity index (χ3v) is 3.18. The molecular formula is C13H25F3N2O.